The first-order chi connectivity index (χ1) is 10.1. The fourth-order valence-electron chi connectivity index (χ4n) is 2.63. The van der Waals surface area contributed by atoms with Crippen LogP contribution < -0.4 is 4.74 Å². The zero-order valence-corrected chi connectivity index (χ0v) is 12.2. The molecule has 2 aromatic rings. The van der Waals surface area contributed by atoms with E-state index in [-0.39, 0.29) is 12.2 Å². The quantitative estimate of drug-likeness (QED) is 0.926. The van der Waals surface area contributed by atoms with Crippen molar-refractivity contribution in [1.82, 2.24) is 0 Å². The first-order valence-corrected chi connectivity index (χ1v) is 7.39. The smallest absolute Gasteiger partial charge is 0.127 e. The lowest BCUT2D eigenvalue weighted by molar-refractivity contribution is 0.176. The maximum atomic E-state index is 13.8. The molecule has 1 heterocycles. The van der Waals surface area contributed by atoms with Crippen LogP contribution in [0.5, 0.6) is 5.75 Å². The summed E-state index contributed by atoms with van der Waals surface area (Å²) in [6.45, 7) is 0.736. The predicted octanol–water partition coefficient (Wildman–Crippen LogP) is 4.08. The summed E-state index contributed by atoms with van der Waals surface area (Å²) in [5.74, 6) is 0.490. The molecular weight excluding hydrogens is 291 g/mol. The number of aliphatic hydroxyl groups excluding tert-OH is 1. The van der Waals surface area contributed by atoms with Crippen LogP contribution in [-0.2, 0) is 12.8 Å². The van der Waals surface area contributed by atoms with Gasteiger partial charge in [0.15, 0.2) is 0 Å². The van der Waals surface area contributed by atoms with Crippen LogP contribution in [0.3, 0.4) is 0 Å². The Hall–Kier alpha value is -1.58. The van der Waals surface area contributed by atoms with Crippen LogP contribution in [-0.4, -0.2) is 11.7 Å². The second-order valence-electron chi connectivity index (χ2n) is 5.24. The molecule has 2 nitrogen and oxygen atoms in total. The van der Waals surface area contributed by atoms with Gasteiger partial charge in [0.25, 0.3) is 0 Å². The molecule has 3 rings (SSSR count). The third-order valence-electron chi connectivity index (χ3n) is 3.78. The van der Waals surface area contributed by atoms with Crippen LogP contribution >= 0.6 is 11.6 Å². The third-order valence-corrected chi connectivity index (χ3v) is 4.13. The Morgan fingerprint density at radius 3 is 2.95 bits per heavy atom. The van der Waals surface area contributed by atoms with Crippen LogP contribution in [0.4, 0.5) is 4.39 Å². The van der Waals surface area contributed by atoms with Gasteiger partial charge in [-0.05, 0) is 48.2 Å². The number of hydrogen-bond donors (Lipinski definition) is 1. The van der Waals surface area contributed by atoms with E-state index >= 15 is 0 Å². The summed E-state index contributed by atoms with van der Waals surface area (Å²) in [7, 11) is 0. The van der Waals surface area contributed by atoms with Gasteiger partial charge in [-0.3, -0.25) is 0 Å². The van der Waals surface area contributed by atoms with Crippen molar-refractivity contribution in [3.63, 3.8) is 0 Å². The highest BCUT2D eigenvalue weighted by molar-refractivity contribution is 6.31. The van der Waals surface area contributed by atoms with E-state index in [1.54, 1.807) is 12.1 Å². The molecule has 1 aliphatic rings. The molecule has 0 aliphatic carbocycles. The first kappa shape index (κ1) is 14.4. The molecule has 1 N–H and O–H groups in total. The minimum Gasteiger partial charge on any atom is -0.493 e. The molecule has 0 saturated heterocycles. The number of ether oxygens (including phenoxy) is 1. The SMILES string of the molecule is OC(Cc1c(F)cccc1Cl)c1ccc2c(c1)CCCO2. The van der Waals surface area contributed by atoms with Crippen molar-refractivity contribution in [2.24, 2.45) is 0 Å². The summed E-state index contributed by atoms with van der Waals surface area (Å²) in [5, 5.41) is 10.7. The Labute approximate surface area is 128 Å². The highest BCUT2D eigenvalue weighted by Gasteiger charge is 2.17. The second kappa shape index (κ2) is 6.04. The topological polar surface area (TPSA) is 29.5 Å². The molecule has 0 bridgehead atoms. The highest BCUT2D eigenvalue weighted by atomic mass is 35.5. The van der Waals surface area contributed by atoms with Crippen molar-refractivity contribution in [3.05, 3.63) is 63.9 Å². The number of aryl methyl sites for hydroxylation is 1. The summed E-state index contributed by atoms with van der Waals surface area (Å²) in [6.07, 6.45) is 1.29. The van der Waals surface area contributed by atoms with E-state index in [4.69, 9.17) is 16.3 Å². The number of benzene rings is 2. The fourth-order valence-corrected chi connectivity index (χ4v) is 2.87. The van der Waals surface area contributed by atoms with E-state index in [2.05, 4.69) is 0 Å². The first-order valence-electron chi connectivity index (χ1n) is 7.02. The molecule has 1 aliphatic heterocycles. The zero-order chi connectivity index (χ0) is 14.8. The van der Waals surface area contributed by atoms with Crippen molar-refractivity contribution < 1.29 is 14.2 Å². The predicted molar refractivity (Wildman–Crippen MR) is 80.3 cm³/mol. The number of halogens is 2. The van der Waals surface area contributed by atoms with Crippen LogP contribution in [0.2, 0.25) is 5.02 Å². The van der Waals surface area contributed by atoms with Crippen molar-refractivity contribution in [3.8, 4) is 5.75 Å². The van der Waals surface area contributed by atoms with Crippen LogP contribution in [0.1, 0.15) is 29.2 Å². The fraction of sp³-hybridized carbons (Fsp3) is 0.294. The number of hydrogen-bond acceptors (Lipinski definition) is 2. The molecule has 4 heteroatoms. The van der Waals surface area contributed by atoms with Crippen molar-refractivity contribution in [2.75, 3.05) is 6.61 Å². The zero-order valence-electron chi connectivity index (χ0n) is 11.5. The van der Waals surface area contributed by atoms with Gasteiger partial charge in [0, 0.05) is 17.0 Å². The van der Waals surface area contributed by atoms with Gasteiger partial charge in [0.05, 0.1) is 12.7 Å². The Morgan fingerprint density at radius 2 is 2.14 bits per heavy atom. The second-order valence-corrected chi connectivity index (χ2v) is 5.65. The minimum absolute atomic E-state index is 0.158. The molecule has 0 radical (unpaired) electrons. The molecule has 0 fully saturated rings. The van der Waals surface area contributed by atoms with Gasteiger partial charge in [-0.1, -0.05) is 23.7 Å². The van der Waals surface area contributed by atoms with Crippen LogP contribution in [0.15, 0.2) is 36.4 Å². The average Bonchev–Trinajstić information content (AvgIpc) is 2.50. The molecule has 0 spiro atoms. The average molecular weight is 307 g/mol. The third kappa shape index (κ3) is 3.04. The summed E-state index contributed by atoms with van der Waals surface area (Å²) in [4.78, 5) is 0. The normalized spacial score (nSPS) is 15.2. The molecule has 1 unspecified atom stereocenters. The summed E-state index contributed by atoms with van der Waals surface area (Å²) in [5.41, 5.74) is 2.21. The standard InChI is InChI=1S/C17H16ClFO2/c18-14-4-1-5-15(19)13(14)10-16(20)11-6-7-17-12(9-11)3-2-8-21-17/h1,4-7,9,16,20H,2-3,8,10H2. The van der Waals surface area contributed by atoms with Gasteiger partial charge >= 0.3 is 0 Å². The molecule has 0 aromatic heterocycles. The van der Waals surface area contributed by atoms with Crippen LogP contribution in [0, 0.1) is 5.82 Å². The van der Waals surface area contributed by atoms with E-state index in [0.29, 0.717) is 10.6 Å². The Balaban J connectivity index is 1.84. The molecule has 1 atom stereocenters. The maximum Gasteiger partial charge on any atom is 0.127 e. The van der Waals surface area contributed by atoms with E-state index in [9.17, 15) is 9.50 Å². The van der Waals surface area contributed by atoms with E-state index < -0.39 is 6.10 Å². The largest absolute Gasteiger partial charge is 0.493 e. The lowest BCUT2D eigenvalue weighted by Crippen LogP contribution is -2.10. The summed E-state index contributed by atoms with van der Waals surface area (Å²) in [6, 6.07) is 10.2. The van der Waals surface area contributed by atoms with E-state index in [1.807, 2.05) is 18.2 Å². The van der Waals surface area contributed by atoms with E-state index in [1.165, 1.54) is 6.07 Å². The van der Waals surface area contributed by atoms with Crippen LogP contribution in [0.25, 0.3) is 0 Å². The van der Waals surface area contributed by atoms with E-state index in [0.717, 1.165) is 36.3 Å². The van der Waals surface area contributed by atoms with Crippen molar-refractivity contribution in [2.45, 2.75) is 25.4 Å². The molecule has 2 aromatic carbocycles. The van der Waals surface area contributed by atoms with Gasteiger partial charge in [-0.25, -0.2) is 4.39 Å². The Kier molecular flexibility index (Phi) is 4.13. The van der Waals surface area contributed by atoms with Gasteiger partial charge in [-0.15, -0.1) is 0 Å². The van der Waals surface area contributed by atoms with Gasteiger partial charge in [-0.2, -0.15) is 0 Å². The molecule has 110 valence electrons. The van der Waals surface area contributed by atoms with Gasteiger partial charge in [0.1, 0.15) is 11.6 Å². The molecular formula is C17H16ClFO2. The number of rotatable bonds is 3. The maximum absolute atomic E-state index is 13.8. The lowest BCUT2D eigenvalue weighted by atomic mass is 9.97. The monoisotopic (exact) mass is 306 g/mol. The Morgan fingerprint density at radius 1 is 1.29 bits per heavy atom. The van der Waals surface area contributed by atoms with Crippen molar-refractivity contribution >= 4 is 11.6 Å². The Bertz CT molecular complexity index is 637. The minimum atomic E-state index is -0.786. The number of fused-ring (bicyclic) bond motifs is 1. The van der Waals surface area contributed by atoms with Gasteiger partial charge in [0.2, 0.25) is 0 Å². The molecule has 21 heavy (non-hydrogen) atoms. The number of aliphatic hydroxyl groups is 1. The summed E-state index contributed by atoms with van der Waals surface area (Å²) < 4.78 is 19.3. The molecule has 0 saturated carbocycles. The van der Waals surface area contributed by atoms with Gasteiger partial charge < -0.3 is 9.84 Å². The lowest BCUT2D eigenvalue weighted by Gasteiger charge is -2.20. The van der Waals surface area contributed by atoms with Crippen molar-refractivity contribution in [1.29, 1.82) is 0 Å². The summed E-state index contributed by atoms with van der Waals surface area (Å²) >= 11 is 6.01. The molecule has 0 amide bonds. The highest BCUT2D eigenvalue weighted by Crippen LogP contribution is 2.30.